The standard InChI is InChI=1S/C17H14N2/c1-13-11-18-17(19-12-13)16-9-5-8-15(10-16)14-6-3-2-4-7-14/h2-12H,1H3. The lowest BCUT2D eigenvalue weighted by atomic mass is 10.0. The lowest BCUT2D eigenvalue weighted by molar-refractivity contribution is 1.14. The van der Waals surface area contributed by atoms with Crippen LogP contribution in [0.15, 0.2) is 67.0 Å². The normalized spacial score (nSPS) is 10.4. The van der Waals surface area contributed by atoms with Gasteiger partial charge in [0.05, 0.1) is 0 Å². The summed E-state index contributed by atoms with van der Waals surface area (Å²) in [6, 6.07) is 18.6. The fourth-order valence-electron chi connectivity index (χ4n) is 2.01. The molecular formula is C17H14N2. The number of aromatic nitrogens is 2. The average molecular weight is 246 g/mol. The van der Waals surface area contributed by atoms with Crippen LogP contribution in [-0.4, -0.2) is 9.97 Å². The van der Waals surface area contributed by atoms with Gasteiger partial charge in [-0.05, 0) is 29.7 Å². The van der Waals surface area contributed by atoms with Crippen molar-refractivity contribution in [1.82, 2.24) is 9.97 Å². The van der Waals surface area contributed by atoms with Crippen molar-refractivity contribution in [3.8, 4) is 22.5 Å². The molecule has 0 radical (unpaired) electrons. The number of hydrogen-bond donors (Lipinski definition) is 0. The molecule has 0 saturated heterocycles. The van der Waals surface area contributed by atoms with Crippen molar-refractivity contribution in [2.75, 3.05) is 0 Å². The van der Waals surface area contributed by atoms with Gasteiger partial charge in [0.15, 0.2) is 5.82 Å². The summed E-state index contributed by atoms with van der Waals surface area (Å²) in [7, 11) is 0. The Labute approximate surface area is 112 Å². The maximum absolute atomic E-state index is 4.37. The van der Waals surface area contributed by atoms with Gasteiger partial charge in [-0.3, -0.25) is 0 Å². The van der Waals surface area contributed by atoms with Crippen LogP contribution in [-0.2, 0) is 0 Å². The lowest BCUT2D eigenvalue weighted by Crippen LogP contribution is -1.89. The smallest absolute Gasteiger partial charge is 0.159 e. The van der Waals surface area contributed by atoms with Crippen molar-refractivity contribution >= 4 is 0 Å². The highest BCUT2D eigenvalue weighted by atomic mass is 14.9. The number of hydrogen-bond acceptors (Lipinski definition) is 2. The monoisotopic (exact) mass is 246 g/mol. The second-order valence-electron chi connectivity index (χ2n) is 4.53. The second-order valence-corrected chi connectivity index (χ2v) is 4.53. The first-order valence-corrected chi connectivity index (χ1v) is 6.27. The molecule has 0 fully saturated rings. The van der Waals surface area contributed by atoms with Crippen LogP contribution in [0.3, 0.4) is 0 Å². The van der Waals surface area contributed by atoms with Crippen LogP contribution in [0, 0.1) is 6.92 Å². The molecule has 19 heavy (non-hydrogen) atoms. The first kappa shape index (κ1) is 11.6. The van der Waals surface area contributed by atoms with Crippen LogP contribution < -0.4 is 0 Å². The van der Waals surface area contributed by atoms with Crippen LogP contribution in [0.2, 0.25) is 0 Å². The van der Waals surface area contributed by atoms with E-state index in [-0.39, 0.29) is 0 Å². The minimum Gasteiger partial charge on any atom is -0.236 e. The van der Waals surface area contributed by atoms with Gasteiger partial charge in [-0.1, -0.05) is 48.5 Å². The fraction of sp³-hybridized carbons (Fsp3) is 0.0588. The Kier molecular flexibility index (Phi) is 3.07. The third-order valence-corrected chi connectivity index (χ3v) is 3.01. The predicted molar refractivity (Wildman–Crippen MR) is 77.6 cm³/mol. The van der Waals surface area contributed by atoms with E-state index in [9.17, 15) is 0 Å². The molecule has 2 nitrogen and oxygen atoms in total. The summed E-state index contributed by atoms with van der Waals surface area (Å²) in [6.45, 7) is 1.99. The topological polar surface area (TPSA) is 25.8 Å². The van der Waals surface area contributed by atoms with Crippen molar-refractivity contribution in [2.45, 2.75) is 6.92 Å². The Morgan fingerprint density at radius 1 is 0.684 bits per heavy atom. The number of nitrogens with zero attached hydrogens (tertiary/aromatic N) is 2. The molecule has 0 aliphatic rings. The molecule has 92 valence electrons. The van der Waals surface area contributed by atoms with Crippen molar-refractivity contribution in [2.24, 2.45) is 0 Å². The minimum absolute atomic E-state index is 0.767. The highest BCUT2D eigenvalue weighted by Crippen LogP contribution is 2.24. The van der Waals surface area contributed by atoms with E-state index in [1.54, 1.807) is 0 Å². The molecule has 1 aromatic heterocycles. The molecule has 3 aromatic rings. The predicted octanol–water partition coefficient (Wildman–Crippen LogP) is 4.12. The van der Waals surface area contributed by atoms with E-state index < -0.39 is 0 Å². The van der Waals surface area contributed by atoms with Gasteiger partial charge < -0.3 is 0 Å². The first-order chi connectivity index (χ1) is 9.33. The van der Waals surface area contributed by atoms with E-state index in [4.69, 9.17) is 0 Å². The van der Waals surface area contributed by atoms with Crippen molar-refractivity contribution in [3.05, 3.63) is 72.6 Å². The quantitative estimate of drug-likeness (QED) is 0.679. The molecular weight excluding hydrogens is 232 g/mol. The fourth-order valence-corrected chi connectivity index (χ4v) is 2.01. The Balaban J connectivity index is 2.03. The van der Waals surface area contributed by atoms with Crippen molar-refractivity contribution in [1.29, 1.82) is 0 Å². The first-order valence-electron chi connectivity index (χ1n) is 6.27. The van der Waals surface area contributed by atoms with Gasteiger partial charge in [-0.2, -0.15) is 0 Å². The summed E-state index contributed by atoms with van der Waals surface area (Å²) < 4.78 is 0. The molecule has 1 heterocycles. The summed E-state index contributed by atoms with van der Waals surface area (Å²) >= 11 is 0. The molecule has 0 saturated carbocycles. The summed E-state index contributed by atoms with van der Waals surface area (Å²) in [5.74, 6) is 0.767. The molecule has 0 amide bonds. The zero-order chi connectivity index (χ0) is 13.1. The van der Waals surface area contributed by atoms with Crippen LogP contribution in [0.5, 0.6) is 0 Å². The van der Waals surface area contributed by atoms with Crippen molar-refractivity contribution < 1.29 is 0 Å². The van der Waals surface area contributed by atoms with Crippen molar-refractivity contribution in [3.63, 3.8) is 0 Å². The van der Waals surface area contributed by atoms with Gasteiger partial charge in [0.1, 0.15) is 0 Å². The Hall–Kier alpha value is -2.48. The van der Waals surface area contributed by atoms with E-state index in [0.29, 0.717) is 0 Å². The SMILES string of the molecule is Cc1cnc(-c2cccc(-c3ccccc3)c2)nc1. The highest BCUT2D eigenvalue weighted by Gasteiger charge is 2.03. The minimum atomic E-state index is 0.767. The van der Waals surface area contributed by atoms with Gasteiger partial charge >= 0.3 is 0 Å². The van der Waals surface area contributed by atoms with Gasteiger partial charge in [0.2, 0.25) is 0 Å². The molecule has 2 heteroatoms. The number of aryl methyl sites for hydroxylation is 1. The molecule has 0 aliphatic heterocycles. The molecule has 0 bridgehead atoms. The number of benzene rings is 2. The van der Waals surface area contributed by atoms with Gasteiger partial charge in [0.25, 0.3) is 0 Å². The van der Waals surface area contributed by atoms with E-state index >= 15 is 0 Å². The Morgan fingerprint density at radius 2 is 1.32 bits per heavy atom. The maximum atomic E-state index is 4.37. The number of rotatable bonds is 2. The van der Waals surface area contributed by atoms with Crippen LogP contribution in [0.25, 0.3) is 22.5 Å². The third-order valence-electron chi connectivity index (χ3n) is 3.01. The van der Waals surface area contributed by atoms with Crippen LogP contribution in [0.4, 0.5) is 0 Å². The van der Waals surface area contributed by atoms with Gasteiger partial charge in [-0.15, -0.1) is 0 Å². The molecule has 0 atom stereocenters. The van der Waals surface area contributed by atoms with E-state index in [0.717, 1.165) is 17.0 Å². The second kappa shape index (κ2) is 5.02. The molecule has 2 aromatic carbocycles. The highest BCUT2D eigenvalue weighted by molar-refractivity contribution is 5.69. The molecule has 3 rings (SSSR count). The largest absolute Gasteiger partial charge is 0.236 e. The molecule has 0 spiro atoms. The van der Waals surface area contributed by atoms with Crippen LogP contribution in [0.1, 0.15) is 5.56 Å². The molecule has 0 aliphatic carbocycles. The summed E-state index contributed by atoms with van der Waals surface area (Å²) in [5.41, 5.74) is 4.50. The van der Waals surface area contributed by atoms with Gasteiger partial charge in [-0.25, -0.2) is 9.97 Å². The zero-order valence-electron chi connectivity index (χ0n) is 10.7. The Bertz CT molecular complexity index is 673. The van der Waals surface area contributed by atoms with Crippen LogP contribution >= 0.6 is 0 Å². The zero-order valence-corrected chi connectivity index (χ0v) is 10.7. The van der Waals surface area contributed by atoms with E-state index in [2.05, 4.69) is 34.2 Å². The molecule has 0 unspecified atom stereocenters. The Morgan fingerprint density at radius 3 is 2.05 bits per heavy atom. The average Bonchev–Trinajstić information content (AvgIpc) is 2.49. The molecule has 0 N–H and O–H groups in total. The van der Waals surface area contributed by atoms with Gasteiger partial charge in [0, 0.05) is 18.0 Å². The third kappa shape index (κ3) is 2.52. The van der Waals surface area contributed by atoms with E-state index in [1.165, 1.54) is 11.1 Å². The summed E-state index contributed by atoms with van der Waals surface area (Å²) in [4.78, 5) is 8.74. The lowest BCUT2D eigenvalue weighted by Gasteiger charge is -2.05. The summed E-state index contributed by atoms with van der Waals surface area (Å²) in [6.07, 6.45) is 3.69. The summed E-state index contributed by atoms with van der Waals surface area (Å²) in [5, 5.41) is 0. The maximum Gasteiger partial charge on any atom is 0.159 e. The van der Waals surface area contributed by atoms with E-state index in [1.807, 2.05) is 49.6 Å².